The van der Waals surface area contributed by atoms with Crippen LogP contribution >= 0.6 is 0 Å². The fourth-order valence-electron chi connectivity index (χ4n) is 2.82. The zero-order valence-electron chi connectivity index (χ0n) is 14.9. The molecule has 2 aromatic heterocycles. The first kappa shape index (κ1) is 17.0. The molecule has 0 saturated carbocycles. The van der Waals surface area contributed by atoms with Gasteiger partial charge >= 0.3 is 5.69 Å². The summed E-state index contributed by atoms with van der Waals surface area (Å²) in [6.45, 7) is 4.34. The molecule has 25 heavy (non-hydrogen) atoms. The highest BCUT2D eigenvalue weighted by atomic mass is 16.5. The highest BCUT2D eigenvalue weighted by molar-refractivity contribution is 5.71. The van der Waals surface area contributed by atoms with Crippen LogP contribution in [0.5, 0.6) is 6.01 Å². The number of imidazole rings is 1. The second-order valence-electron chi connectivity index (χ2n) is 6.33. The van der Waals surface area contributed by atoms with E-state index in [0.717, 1.165) is 16.6 Å². The molecule has 0 unspecified atom stereocenters. The predicted octanol–water partition coefficient (Wildman–Crippen LogP) is 1.46. The van der Waals surface area contributed by atoms with E-state index in [1.54, 1.807) is 11.6 Å². The van der Waals surface area contributed by atoms with Crippen molar-refractivity contribution in [3.8, 4) is 6.01 Å². The number of fused-ring (bicyclic) bond motifs is 1. The van der Waals surface area contributed by atoms with Gasteiger partial charge in [0.2, 0.25) is 0 Å². The summed E-state index contributed by atoms with van der Waals surface area (Å²) in [5, 5.41) is 0. The summed E-state index contributed by atoms with van der Waals surface area (Å²) in [5.74, 6) is 0. The Bertz CT molecular complexity index is 1010. The maximum Gasteiger partial charge on any atom is 0.332 e. The van der Waals surface area contributed by atoms with Crippen LogP contribution in [-0.4, -0.2) is 24.8 Å². The fourth-order valence-corrected chi connectivity index (χ4v) is 2.82. The van der Waals surface area contributed by atoms with E-state index in [9.17, 15) is 9.59 Å². The molecule has 0 saturated heterocycles. The van der Waals surface area contributed by atoms with Crippen molar-refractivity contribution in [2.45, 2.75) is 32.9 Å². The first-order chi connectivity index (χ1) is 11.9. The lowest BCUT2D eigenvalue weighted by Gasteiger charge is -2.12. The Balaban J connectivity index is 2.16. The van der Waals surface area contributed by atoms with Gasteiger partial charge in [-0.3, -0.25) is 18.5 Å². The zero-order valence-corrected chi connectivity index (χ0v) is 14.9. The molecule has 3 aromatic rings. The van der Waals surface area contributed by atoms with Gasteiger partial charge in [0.1, 0.15) is 0 Å². The molecule has 7 heteroatoms. The Morgan fingerprint density at radius 1 is 1.08 bits per heavy atom. The van der Waals surface area contributed by atoms with Gasteiger partial charge in [-0.15, -0.1) is 0 Å². The third-order valence-electron chi connectivity index (χ3n) is 4.12. The number of rotatable bonds is 5. The SMILES string of the molecule is CC(C)Oc1nc2c(c(=O)n(C)c(=O)n2C)n1CCc1ccccc1. The molecule has 132 valence electrons. The van der Waals surface area contributed by atoms with E-state index in [0.29, 0.717) is 23.7 Å². The summed E-state index contributed by atoms with van der Waals surface area (Å²) >= 11 is 0. The lowest BCUT2D eigenvalue weighted by Crippen LogP contribution is -2.37. The summed E-state index contributed by atoms with van der Waals surface area (Å²) < 4.78 is 10.0. The third kappa shape index (κ3) is 3.09. The van der Waals surface area contributed by atoms with Crippen molar-refractivity contribution >= 4 is 11.2 Å². The topological polar surface area (TPSA) is 71.1 Å². The van der Waals surface area contributed by atoms with Gasteiger partial charge in [-0.2, -0.15) is 4.98 Å². The second-order valence-corrected chi connectivity index (χ2v) is 6.33. The van der Waals surface area contributed by atoms with Crippen molar-refractivity contribution in [2.75, 3.05) is 0 Å². The maximum atomic E-state index is 12.7. The molecule has 0 atom stereocenters. The number of hydrogen-bond acceptors (Lipinski definition) is 4. The Hall–Kier alpha value is -2.83. The van der Waals surface area contributed by atoms with Crippen molar-refractivity contribution in [1.82, 2.24) is 18.7 Å². The average Bonchev–Trinajstić information content (AvgIpc) is 2.95. The summed E-state index contributed by atoms with van der Waals surface area (Å²) in [6.07, 6.45) is 0.639. The van der Waals surface area contributed by atoms with E-state index < -0.39 is 5.69 Å². The molecule has 3 rings (SSSR count). The van der Waals surface area contributed by atoms with E-state index in [1.165, 1.54) is 11.6 Å². The van der Waals surface area contributed by atoms with Crippen molar-refractivity contribution in [1.29, 1.82) is 0 Å². The van der Waals surface area contributed by atoms with Crippen LogP contribution in [0.25, 0.3) is 11.2 Å². The number of aryl methyl sites for hydroxylation is 3. The molecule has 0 aliphatic heterocycles. The molecule has 1 aromatic carbocycles. The van der Waals surface area contributed by atoms with Crippen LogP contribution in [-0.2, 0) is 27.1 Å². The van der Waals surface area contributed by atoms with Crippen molar-refractivity contribution in [3.63, 3.8) is 0 Å². The number of benzene rings is 1. The third-order valence-corrected chi connectivity index (χ3v) is 4.12. The van der Waals surface area contributed by atoms with Crippen molar-refractivity contribution in [3.05, 3.63) is 56.7 Å². The largest absolute Gasteiger partial charge is 0.462 e. The molecular formula is C18H22N4O3. The Labute approximate surface area is 145 Å². The highest BCUT2D eigenvalue weighted by Gasteiger charge is 2.20. The molecule has 7 nitrogen and oxygen atoms in total. The normalized spacial score (nSPS) is 11.4. The van der Waals surface area contributed by atoms with Gasteiger partial charge in [-0.25, -0.2) is 4.79 Å². The molecular weight excluding hydrogens is 320 g/mol. The average molecular weight is 342 g/mol. The maximum absolute atomic E-state index is 12.7. The van der Waals surface area contributed by atoms with Gasteiger partial charge in [0.15, 0.2) is 11.2 Å². The molecule has 0 N–H and O–H groups in total. The summed E-state index contributed by atoms with van der Waals surface area (Å²) in [5.41, 5.74) is 1.12. The second kappa shape index (κ2) is 6.58. The minimum absolute atomic E-state index is 0.0897. The minimum atomic E-state index is -0.402. The van der Waals surface area contributed by atoms with Gasteiger partial charge < -0.3 is 4.74 Å². The van der Waals surface area contributed by atoms with Gasteiger partial charge in [0.25, 0.3) is 11.6 Å². The molecule has 0 spiro atoms. The molecule has 0 bridgehead atoms. The lowest BCUT2D eigenvalue weighted by atomic mass is 10.1. The number of nitrogens with zero attached hydrogens (tertiary/aromatic N) is 4. The molecule has 2 heterocycles. The summed E-state index contributed by atoms with van der Waals surface area (Å²) in [6, 6.07) is 10.4. The van der Waals surface area contributed by atoms with Crippen LogP contribution in [0.15, 0.2) is 39.9 Å². The summed E-state index contributed by atoms with van der Waals surface area (Å²) in [4.78, 5) is 29.2. The van der Waals surface area contributed by atoms with Crippen LogP contribution in [0.1, 0.15) is 19.4 Å². The molecule has 0 fully saturated rings. The van der Waals surface area contributed by atoms with Gasteiger partial charge in [-0.05, 0) is 25.8 Å². The molecule has 0 aliphatic rings. The van der Waals surface area contributed by atoms with E-state index in [2.05, 4.69) is 4.98 Å². The molecule has 0 amide bonds. The van der Waals surface area contributed by atoms with Crippen LogP contribution < -0.4 is 16.0 Å². The number of hydrogen-bond donors (Lipinski definition) is 0. The highest BCUT2D eigenvalue weighted by Crippen LogP contribution is 2.19. The standard InChI is InChI=1S/C18H22N4O3/c1-12(2)25-17-19-15-14(16(23)21(4)18(24)20(15)3)22(17)11-10-13-8-6-5-7-9-13/h5-9,12H,10-11H2,1-4H3. The number of ether oxygens (including phenoxy) is 1. The van der Waals surface area contributed by atoms with Gasteiger partial charge in [-0.1, -0.05) is 30.3 Å². The van der Waals surface area contributed by atoms with Crippen LogP contribution in [0.4, 0.5) is 0 Å². The van der Waals surface area contributed by atoms with Crippen molar-refractivity contribution in [2.24, 2.45) is 14.1 Å². The van der Waals surface area contributed by atoms with Crippen LogP contribution in [0, 0.1) is 0 Å². The fraction of sp³-hybridized carbons (Fsp3) is 0.389. The zero-order chi connectivity index (χ0) is 18.1. The monoisotopic (exact) mass is 342 g/mol. The lowest BCUT2D eigenvalue weighted by molar-refractivity contribution is 0.213. The number of aromatic nitrogens is 4. The van der Waals surface area contributed by atoms with Gasteiger partial charge in [0.05, 0.1) is 6.10 Å². The quantitative estimate of drug-likeness (QED) is 0.704. The van der Waals surface area contributed by atoms with E-state index in [4.69, 9.17) is 4.74 Å². The van der Waals surface area contributed by atoms with E-state index in [-0.39, 0.29) is 11.7 Å². The Kier molecular flexibility index (Phi) is 4.48. The molecule has 0 aliphatic carbocycles. The Morgan fingerprint density at radius 3 is 2.40 bits per heavy atom. The minimum Gasteiger partial charge on any atom is -0.462 e. The predicted molar refractivity (Wildman–Crippen MR) is 96.1 cm³/mol. The van der Waals surface area contributed by atoms with Gasteiger partial charge in [0, 0.05) is 20.6 Å². The Morgan fingerprint density at radius 2 is 1.76 bits per heavy atom. The smallest absolute Gasteiger partial charge is 0.332 e. The van der Waals surface area contributed by atoms with Crippen LogP contribution in [0.2, 0.25) is 0 Å². The van der Waals surface area contributed by atoms with E-state index >= 15 is 0 Å². The first-order valence-electron chi connectivity index (χ1n) is 8.27. The van der Waals surface area contributed by atoms with E-state index in [1.807, 2.05) is 44.2 Å². The molecule has 0 radical (unpaired) electrons. The van der Waals surface area contributed by atoms with Crippen LogP contribution in [0.3, 0.4) is 0 Å². The van der Waals surface area contributed by atoms with Crippen molar-refractivity contribution < 1.29 is 4.74 Å². The first-order valence-corrected chi connectivity index (χ1v) is 8.27. The summed E-state index contributed by atoms with van der Waals surface area (Å²) in [7, 11) is 3.08.